The predicted molar refractivity (Wildman–Crippen MR) is 145 cm³/mol. The quantitative estimate of drug-likeness (QED) is 0.264. The van der Waals surface area contributed by atoms with Crippen LogP contribution < -0.4 is 21.1 Å². The molecule has 192 valence electrons. The lowest BCUT2D eigenvalue weighted by Crippen LogP contribution is -2.29. The molecule has 0 saturated heterocycles. The van der Waals surface area contributed by atoms with Crippen LogP contribution in [0.15, 0.2) is 48.7 Å². The summed E-state index contributed by atoms with van der Waals surface area (Å²) in [4.78, 5) is 16.7. The fraction of sp³-hybridized carbons (Fsp3) is 0.321. The van der Waals surface area contributed by atoms with Crippen molar-refractivity contribution in [3.63, 3.8) is 0 Å². The zero-order valence-corrected chi connectivity index (χ0v) is 21.5. The van der Waals surface area contributed by atoms with Crippen LogP contribution in [0.5, 0.6) is 5.75 Å². The predicted octanol–water partition coefficient (Wildman–Crippen LogP) is 4.62. The van der Waals surface area contributed by atoms with E-state index < -0.39 is 11.5 Å². The molecule has 5 rings (SSSR count). The number of ether oxygens (including phenoxy) is 1. The first-order valence-corrected chi connectivity index (χ1v) is 12.3. The molecule has 9 heteroatoms. The average molecular weight is 501 g/mol. The van der Waals surface area contributed by atoms with Gasteiger partial charge < -0.3 is 26.2 Å². The molecule has 0 aliphatic heterocycles. The Morgan fingerprint density at radius 3 is 2.70 bits per heavy atom. The molecule has 1 saturated carbocycles. The van der Waals surface area contributed by atoms with Crippen LogP contribution in [0.3, 0.4) is 0 Å². The third-order valence-electron chi connectivity index (χ3n) is 6.56. The zero-order valence-electron chi connectivity index (χ0n) is 21.5. The number of aliphatic hydroxyl groups is 1. The van der Waals surface area contributed by atoms with Gasteiger partial charge in [0.2, 0.25) is 5.91 Å². The van der Waals surface area contributed by atoms with Gasteiger partial charge in [-0.05, 0) is 68.9 Å². The van der Waals surface area contributed by atoms with Gasteiger partial charge in [-0.2, -0.15) is 0 Å². The molecule has 37 heavy (non-hydrogen) atoms. The van der Waals surface area contributed by atoms with Crippen LogP contribution >= 0.6 is 0 Å². The Morgan fingerprint density at radius 2 is 2.03 bits per heavy atom. The number of amides is 1. The Hall–Kier alpha value is -4.11. The summed E-state index contributed by atoms with van der Waals surface area (Å²) in [5, 5.41) is 21.9. The van der Waals surface area contributed by atoms with Gasteiger partial charge in [0.1, 0.15) is 5.75 Å². The van der Waals surface area contributed by atoms with E-state index >= 15 is 0 Å². The molecule has 0 atom stereocenters. The number of carbonyl (C=O) groups excluding carboxylic acids is 1. The second-order valence-electron chi connectivity index (χ2n) is 10.2. The van der Waals surface area contributed by atoms with Crippen LogP contribution in [-0.4, -0.2) is 44.9 Å². The third kappa shape index (κ3) is 5.08. The molecule has 4 aromatic rings. The van der Waals surface area contributed by atoms with Crippen LogP contribution in [0.4, 0.5) is 17.2 Å². The van der Waals surface area contributed by atoms with Crippen LogP contribution in [0.1, 0.15) is 54.1 Å². The highest BCUT2D eigenvalue weighted by molar-refractivity contribution is 5.96. The molecule has 1 amide bonds. The van der Waals surface area contributed by atoms with Gasteiger partial charge in [-0.25, -0.2) is 9.50 Å². The van der Waals surface area contributed by atoms with Crippen molar-refractivity contribution in [1.82, 2.24) is 14.6 Å². The molecule has 2 aromatic carbocycles. The van der Waals surface area contributed by atoms with E-state index in [-0.39, 0.29) is 0 Å². The van der Waals surface area contributed by atoms with Crippen molar-refractivity contribution in [3.05, 3.63) is 65.4 Å². The summed E-state index contributed by atoms with van der Waals surface area (Å²) in [6.07, 6.45) is 3.94. The van der Waals surface area contributed by atoms with Gasteiger partial charge in [-0.3, -0.25) is 4.79 Å². The van der Waals surface area contributed by atoms with Crippen molar-refractivity contribution in [1.29, 1.82) is 0 Å². The first-order chi connectivity index (χ1) is 17.6. The summed E-state index contributed by atoms with van der Waals surface area (Å²) in [6, 6.07) is 13.2. The second-order valence-corrected chi connectivity index (χ2v) is 10.2. The Labute approximate surface area is 215 Å². The second kappa shape index (κ2) is 9.40. The molecule has 1 fully saturated rings. The van der Waals surface area contributed by atoms with Crippen LogP contribution in [0.25, 0.3) is 16.9 Å². The van der Waals surface area contributed by atoms with Crippen molar-refractivity contribution in [2.75, 3.05) is 24.3 Å². The Balaban J connectivity index is 1.65. The van der Waals surface area contributed by atoms with Crippen LogP contribution in [0, 0.1) is 6.92 Å². The highest BCUT2D eigenvalue weighted by Gasteiger charge is 2.31. The molecule has 1 aliphatic carbocycles. The lowest BCUT2D eigenvalue weighted by atomic mass is 9.92. The molecular formula is C28H32N6O3. The van der Waals surface area contributed by atoms with E-state index in [1.807, 2.05) is 43.3 Å². The summed E-state index contributed by atoms with van der Waals surface area (Å²) in [5.74, 6) is 1.28. The number of hydrogen-bond acceptors (Lipinski definition) is 7. The maximum Gasteiger partial charge on any atom is 0.248 e. The fourth-order valence-corrected chi connectivity index (χ4v) is 4.62. The topological polar surface area (TPSA) is 127 Å². The molecule has 2 heterocycles. The van der Waals surface area contributed by atoms with E-state index in [4.69, 9.17) is 20.6 Å². The highest BCUT2D eigenvalue weighted by Crippen LogP contribution is 2.47. The van der Waals surface area contributed by atoms with Crippen molar-refractivity contribution < 1.29 is 14.6 Å². The molecule has 9 nitrogen and oxygen atoms in total. The number of benzene rings is 2. The number of nitrogens with one attached hydrogen (secondary N) is 2. The van der Waals surface area contributed by atoms with E-state index in [1.54, 1.807) is 37.7 Å². The average Bonchev–Trinajstić information content (AvgIpc) is 3.60. The molecular weight excluding hydrogens is 468 g/mol. The molecule has 1 aliphatic rings. The Bertz CT molecular complexity index is 1480. The molecule has 0 spiro atoms. The molecule has 0 bridgehead atoms. The summed E-state index contributed by atoms with van der Waals surface area (Å²) < 4.78 is 7.16. The van der Waals surface area contributed by atoms with Gasteiger partial charge in [0, 0.05) is 35.5 Å². The number of aromatic nitrogens is 3. The first kappa shape index (κ1) is 24.6. The maximum absolute atomic E-state index is 12.0. The number of methoxy groups -OCH3 is 1. The molecule has 5 N–H and O–H groups in total. The SMILES string of the molecule is COc1cccc(Nc2cc(NCC(C)(C)O)c3ncc(-c4ccc(C(N)=O)c(C)c4C4CC4)n3n2)c1. The van der Waals surface area contributed by atoms with E-state index in [0.717, 1.165) is 52.4 Å². The summed E-state index contributed by atoms with van der Waals surface area (Å²) in [6.45, 7) is 5.78. The first-order valence-electron chi connectivity index (χ1n) is 12.3. The zero-order chi connectivity index (χ0) is 26.3. The van der Waals surface area contributed by atoms with Crippen molar-refractivity contribution in [3.8, 4) is 17.0 Å². The number of rotatable bonds is 9. The minimum Gasteiger partial charge on any atom is -0.497 e. The number of hydrogen-bond donors (Lipinski definition) is 4. The lowest BCUT2D eigenvalue weighted by Gasteiger charge is -2.20. The van der Waals surface area contributed by atoms with Crippen molar-refractivity contribution in [2.24, 2.45) is 5.73 Å². The third-order valence-corrected chi connectivity index (χ3v) is 6.56. The number of nitrogens with zero attached hydrogens (tertiary/aromatic N) is 3. The minimum absolute atomic E-state index is 0.327. The summed E-state index contributed by atoms with van der Waals surface area (Å²) in [7, 11) is 1.63. The smallest absolute Gasteiger partial charge is 0.248 e. The van der Waals surface area contributed by atoms with E-state index in [2.05, 4.69) is 10.6 Å². The number of primary amides is 1. The number of anilines is 3. The van der Waals surface area contributed by atoms with Gasteiger partial charge >= 0.3 is 0 Å². The minimum atomic E-state index is -0.920. The highest BCUT2D eigenvalue weighted by atomic mass is 16.5. The number of nitrogens with two attached hydrogens (primary N) is 1. The van der Waals surface area contributed by atoms with Crippen molar-refractivity contribution >= 4 is 28.7 Å². The van der Waals surface area contributed by atoms with Gasteiger partial charge in [0.05, 0.1) is 30.3 Å². The van der Waals surface area contributed by atoms with Crippen LogP contribution in [-0.2, 0) is 0 Å². The van der Waals surface area contributed by atoms with Gasteiger partial charge in [0.15, 0.2) is 11.5 Å². The molecule has 2 aromatic heterocycles. The van der Waals surface area contributed by atoms with E-state index in [0.29, 0.717) is 29.5 Å². The standard InChI is InChI=1S/C28H32N6O3/c1-16-20(26(29)35)10-11-21(25(16)17-8-9-17)23-14-30-27-22(31-15-28(2,3)36)13-24(33-34(23)27)32-18-6-5-7-19(12-18)37-4/h5-7,10-14,17,31,36H,8-9,15H2,1-4H3,(H2,29,35)(H,32,33). The summed E-state index contributed by atoms with van der Waals surface area (Å²) >= 11 is 0. The maximum atomic E-state index is 12.0. The van der Waals surface area contributed by atoms with Crippen LogP contribution in [0.2, 0.25) is 0 Å². The van der Waals surface area contributed by atoms with Crippen molar-refractivity contribution in [2.45, 2.75) is 45.1 Å². The van der Waals surface area contributed by atoms with E-state index in [9.17, 15) is 9.90 Å². The molecule has 0 unspecified atom stereocenters. The Morgan fingerprint density at radius 1 is 1.24 bits per heavy atom. The summed E-state index contributed by atoms with van der Waals surface area (Å²) in [5.41, 5.74) is 11.3. The van der Waals surface area contributed by atoms with Gasteiger partial charge in [-0.1, -0.05) is 12.1 Å². The fourth-order valence-electron chi connectivity index (χ4n) is 4.62. The lowest BCUT2D eigenvalue weighted by molar-refractivity contribution is 0.0944. The van der Waals surface area contributed by atoms with Gasteiger partial charge in [0.25, 0.3) is 0 Å². The monoisotopic (exact) mass is 500 g/mol. The Kier molecular flexibility index (Phi) is 6.25. The molecule has 0 radical (unpaired) electrons. The number of imidazole rings is 1. The normalized spacial score (nSPS) is 13.5. The number of fused-ring (bicyclic) bond motifs is 1. The number of carbonyl (C=O) groups is 1. The van der Waals surface area contributed by atoms with Gasteiger partial charge in [-0.15, -0.1) is 5.10 Å². The van der Waals surface area contributed by atoms with E-state index in [1.165, 1.54) is 0 Å². The largest absolute Gasteiger partial charge is 0.497 e.